The highest BCUT2D eigenvalue weighted by Crippen LogP contribution is 2.40. The molecule has 1 heterocycles. The third-order valence-electron chi connectivity index (χ3n) is 7.31. The molecule has 1 saturated carbocycles. The fraction of sp³-hybridized carbons (Fsp3) is 0.481. The van der Waals surface area contributed by atoms with Gasteiger partial charge in [0.15, 0.2) is 6.61 Å². The maximum Gasteiger partial charge on any atom is 0.419 e. The summed E-state index contributed by atoms with van der Waals surface area (Å²) < 4.78 is 46.0. The number of alkyl halides is 3. The number of fused-ring (bicyclic) bond motifs is 1. The van der Waals surface area contributed by atoms with E-state index in [9.17, 15) is 18.0 Å². The topological polar surface area (TPSA) is 73.0 Å². The summed E-state index contributed by atoms with van der Waals surface area (Å²) in [6, 6.07) is 10.5. The maximum atomic E-state index is 13.5. The zero-order chi connectivity index (χ0) is 25.4. The average Bonchev–Trinajstić information content (AvgIpc) is 3.54. The molecule has 36 heavy (non-hydrogen) atoms. The number of benzene rings is 2. The average molecular weight is 504 g/mol. The minimum absolute atomic E-state index is 0.0317. The van der Waals surface area contributed by atoms with Crippen LogP contribution in [0.1, 0.15) is 60.0 Å². The Kier molecular flexibility index (Phi) is 6.68. The lowest BCUT2D eigenvalue weighted by Crippen LogP contribution is -2.71. The number of carboxylic acids is 1. The van der Waals surface area contributed by atoms with Crippen LogP contribution in [-0.4, -0.2) is 41.4 Å². The van der Waals surface area contributed by atoms with Crippen molar-refractivity contribution in [1.82, 2.24) is 4.90 Å². The molecule has 2 aromatic carbocycles. The molecule has 2 aliphatic carbocycles. The molecule has 0 amide bonds. The Hall–Kier alpha value is -3.07. The SMILES string of the molecule is CC(=[NH+]OCc1ccc(OCC2CC2)c(C(F)(F)F)c1)c1ccc2c(c1)CCC2N1CC(C(=O)O)C1. The van der Waals surface area contributed by atoms with E-state index in [1.165, 1.54) is 17.2 Å². The molecular formula is C27H30F3N2O4+. The summed E-state index contributed by atoms with van der Waals surface area (Å²) in [6.45, 7) is 3.32. The Balaban J connectivity index is 1.21. The summed E-state index contributed by atoms with van der Waals surface area (Å²) in [6.07, 6.45) is -0.602. The number of ether oxygens (including phenoxy) is 1. The first-order valence-electron chi connectivity index (χ1n) is 12.3. The predicted molar refractivity (Wildman–Crippen MR) is 125 cm³/mol. The minimum atomic E-state index is -4.50. The van der Waals surface area contributed by atoms with Crippen molar-refractivity contribution in [2.45, 2.75) is 51.4 Å². The van der Waals surface area contributed by atoms with Crippen LogP contribution in [0.4, 0.5) is 13.2 Å². The van der Waals surface area contributed by atoms with Crippen LogP contribution in [0, 0.1) is 11.8 Å². The number of nitrogens with zero attached hydrogens (tertiary/aromatic N) is 1. The van der Waals surface area contributed by atoms with Gasteiger partial charge >= 0.3 is 12.1 Å². The summed E-state index contributed by atoms with van der Waals surface area (Å²) in [5.74, 6) is -0.781. The van der Waals surface area contributed by atoms with Crippen molar-refractivity contribution in [3.63, 3.8) is 0 Å². The number of hydrogen-bond donors (Lipinski definition) is 2. The van der Waals surface area contributed by atoms with Gasteiger partial charge < -0.3 is 9.84 Å². The van der Waals surface area contributed by atoms with Crippen molar-refractivity contribution in [2.75, 3.05) is 19.7 Å². The van der Waals surface area contributed by atoms with Gasteiger partial charge in [-0.15, -0.1) is 0 Å². The van der Waals surface area contributed by atoms with E-state index in [1.54, 1.807) is 6.07 Å². The van der Waals surface area contributed by atoms with E-state index in [0.717, 1.165) is 43.0 Å². The molecule has 0 spiro atoms. The molecule has 2 aromatic rings. The second-order valence-corrected chi connectivity index (χ2v) is 10.1. The maximum absolute atomic E-state index is 13.5. The molecule has 0 bridgehead atoms. The fourth-order valence-electron chi connectivity index (χ4n) is 4.92. The highest BCUT2D eigenvalue weighted by atomic mass is 19.4. The van der Waals surface area contributed by atoms with Gasteiger partial charge in [0.1, 0.15) is 5.75 Å². The van der Waals surface area contributed by atoms with Crippen LogP contribution in [0.5, 0.6) is 5.75 Å². The van der Waals surface area contributed by atoms with Crippen LogP contribution in [0.2, 0.25) is 0 Å². The van der Waals surface area contributed by atoms with Crippen LogP contribution in [0.3, 0.4) is 0 Å². The van der Waals surface area contributed by atoms with E-state index in [4.69, 9.17) is 14.7 Å². The van der Waals surface area contributed by atoms with Gasteiger partial charge in [-0.1, -0.05) is 12.1 Å². The lowest BCUT2D eigenvalue weighted by molar-refractivity contribution is -0.758. The third kappa shape index (κ3) is 5.36. The van der Waals surface area contributed by atoms with E-state index in [2.05, 4.69) is 22.2 Å². The quantitative estimate of drug-likeness (QED) is 0.405. The van der Waals surface area contributed by atoms with E-state index in [-0.39, 0.29) is 24.3 Å². The number of hydrogen-bond acceptors (Lipinski definition) is 4. The number of carboxylic acid groups (broad SMARTS) is 1. The fourth-order valence-corrected chi connectivity index (χ4v) is 4.92. The normalized spacial score (nSPS) is 20.7. The second kappa shape index (κ2) is 9.76. The van der Waals surface area contributed by atoms with Crippen LogP contribution in [0.15, 0.2) is 36.4 Å². The molecule has 1 atom stereocenters. The van der Waals surface area contributed by atoms with Crippen LogP contribution < -0.4 is 9.89 Å². The molecular weight excluding hydrogens is 473 g/mol. The Bertz CT molecular complexity index is 1170. The number of nitrogens with one attached hydrogen (secondary N) is 1. The van der Waals surface area contributed by atoms with E-state index >= 15 is 0 Å². The molecule has 2 N–H and O–H groups in total. The molecule has 6 nitrogen and oxygen atoms in total. The van der Waals surface area contributed by atoms with Gasteiger partial charge in [0.05, 0.1) is 18.1 Å². The first-order valence-corrected chi connectivity index (χ1v) is 12.3. The van der Waals surface area contributed by atoms with E-state index < -0.39 is 17.7 Å². The van der Waals surface area contributed by atoms with Crippen LogP contribution in [-0.2, 0) is 28.8 Å². The molecule has 9 heteroatoms. The van der Waals surface area contributed by atoms with Gasteiger partial charge in [-0.25, -0.2) is 0 Å². The van der Waals surface area contributed by atoms with Crippen molar-refractivity contribution < 1.29 is 37.8 Å². The number of carbonyl (C=O) groups is 1. The van der Waals surface area contributed by atoms with Crippen LogP contribution >= 0.6 is 0 Å². The van der Waals surface area contributed by atoms with Gasteiger partial charge in [-0.3, -0.25) is 14.5 Å². The molecule has 0 aromatic heterocycles. The van der Waals surface area contributed by atoms with Gasteiger partial charge in [0.2, 0.25) is 5.71 Å². The number of halogens is 3. The highest BCUT2D eigenvalue weighted by molar-refractivity contribution is 5.94. The third-order valence-corrected chi connectivity index (χ3v) is 7.31. The molecule has 1 saturated heterocycles. The highest BCUT2D eigenvalue weighted by Gasteiger charge is 2.39. The molecule has 5 rings (SSSR count). The monoisotopic (exact) mass is 503 g/mol. The largest absolute Gasteiger partial charge is 0.493 e. The lowest BCUT2D eigenvalue weighted by atomic mass is 9.95. The van der Waals surface area contributed by atoms with Crippen molar-refractivity contribution in [1.29, 1.82) is 0 Å². The Labute approximate surface area is 207 Å². The second-order valence-electron chi connectivity index (χ2n) is 10.1. The molecule has 1 aliphatic heterocycles. The van der Waals surface area contributed by atoms with Gasteiger partial charge in [-0.2, -0.15) is 13.2 Å². The molecule has 3 aliphatic rings. The lowest BCUT2D eigenvalue weighted by Gasteiger charge is -2.41. The summed E-state index contributed by atoms with van der Waals surface area (Å²) >= 11 is 0. The van der Waals surface area contributed by atoms with E-state index in [1.807, 2.05) is 13.0 Å². The molecule has 192 valence electrons. The van der Waals surface area contributed by atoms with Gasteiger partial charge in [-0.05, 0) is 77.7 Å². The standard InChI is InChI=1S/C27H29F3N2O4/c1-16(19-5-7-22-20(11-19)6-8-24(22)32-12-21(13-32)26(33)34)31-36-15-18-4-9-25(35-14-17-2-3-17)23(10-18)27(28,29)30/h4-5,7,9-11,17,21,24H,2-3,6,8,12-15H2,1H3,(H,33,34)/p+1. The summed E-state index contributed by atoms with van der Waals surface area (Å²) in [5, 5.41) is 12.0. The molecule has 1 unspecified atom stereocenters. The minimum Gasteiger partial charge on any atom is -0.493 e. The number of likely N-dealkylation sites (tertiary alicyclic amines) is 1. The van der Waals surface area contributed by atoms with Gasteiger partial charge in [0, 0.05) is 31.6 Å². The molecule has 0 radical (unpaired) electrons. The Morgan fingerprint density at radius 1 is 1.14 bits per heavy atom. The summed E-state index contributed by atoms with van der Waals surface area (Å²) in [4.78, 5) is 18.9. The Morgan fingerprint density at radius 3 is 2.61 bits per heavy atom. The smallest absolute Gasteiger partial charge is 0.419 e. The summed E-state index contributed by atoms with van der Waals surface area (Å²) in [7, 11) is 0. The zero-order valence-corrected chi connectivity index (χ0v) is 20.1. The van der Waals surface area contributed by atoms with Crippen molar-refractivity contribution in [2.24, 2.45) is 11.8 Å². The van der Waals surface area contributed by atoms with E-state index in [0.29, 0.717) is 31.2 Å². The van der Waals surface area contributed by atoms with Crippen molar-refractivity contribution in [3.05, 3.63) is 64.2 Å². The van der Waals surface area contributed by atoms with Crippen molar-refractivity contribution in [3.8, 4) is 5.75 Å². The first kappa shape index (κ1) is 24.6. The first-order chi connectivity index (χ1) is 17.2. The Morgan fingerprint density at radius 2 is 1.92 bits per heavy atom. The van der Waals surface area contributed by atoms with Crippen molar-refractivity contribution >= 4 is 11.7 Å². The zero-order valence-electron chi connectivity index (χ0n) is 20.1. The van der Waals surface area contributed by atoms with Gasteiger partial charge in [0.25, 0.3) is 0 Å². The number of rotatable bonds is 9. The summed E-state index contributed by atoms with van der Waals surface area (Å²) in [5.41, 5.74) is 3.79. The predicted octanol–water partition coefficient (Wildman–Crippen LogP) is 3.52. The number of aryl methyl sites for hydroxylation is 1. The molecule has 2 fully saturated rings. The van der Waals surface area contributed by atoms with Crippen LogP contribution in [0.25, 0.3) is 0 Å². The number of aliphatic carboxylic acids is 1.